The van der Waals surface area contributed by atoms with Crippen LogP contribution in [-0.4, -0.2) is 35.6 Å². The molecule has 1 fully saturated rings. The van der Waals surface area contributed by atoms with E-state index in [2.05, 4.69) is 4.72 Å². The summed E-state index contributed by atoms with van der Waals surface area (Å²) < 4.78 is 58.7. The number of amides is 1. The van der Waals surface area contributed by atoms with Crippen LogP contribution < -0.4 is 13.8 Å². The summed E-state index contributed by atoms with van der Waals surface area (Å²) in [7, 11) is -6.10. The SMILES string of the molecule is COc1ccccc1CNS(=O)(=O)c1c(C)cc(N2C(=O)CCS2(=O)=O)cc1C. The maximum Gasteiger partial charge on any atom is 0.242 e. The molecule has 0 aromatic heterocycles. The van der Waals surface area contributed by atoms with E-state index < -0.39 is 26.0 Å². The Morgan fingerprint density at radius 1 is 1.14 bits per heavy atom. The molecule has 0 aliphatic carbocycles. The lowest BCUT2D eigenvalue weighted by Gasteiger charge is -2.19. The predicted molar refractivity (Wildman–Crippen MR) is 109 cm³/mol. The Morgan fingerprint density at radius 3 is 2.31 bits per heavy atom. The highest BCUT2D eigenvalue weighted by atomic mass is 32.2. The second kappa shape index (κ2) is 7.77. The number of methoxy groups -OCH3 is 1. The van der Waals surface area contributed by atoms with Gasteiger partial charge in [0.25, 0.3) is 0 Å². The van der Waals surface area contributed by atoms with Crippen LogP contribution in [-0.2, 0) is 31.4 Å². The molecule has 29 heavy (non-hydrogen) atoms. The zero-order valence-electron chi connectivity index (χ0n) is 16.3. The molecule has 1 aliphatic heterocycles. The highest BCUT2D eigenvalue weighted by molar-refractivity contribution is 7.94. The van der Waals surface area contributed by atoms with E-state index in [0.717, 1.165) is 4.31 Å². The Bertz CT molecular complexity index is 1150. The third kappa shape index (κ3) is 4.14. The molecule has 0 atom stereocenters. The minimum Gasteiger partial charge on any atom is -0.496 e. The summed E-state index contributed by atoms with van der Waals surface area (Å²) >= 11 is 0. The van der Waals surface area contributed by atoms with Gasteiger partial charge in [-0.05, 0) is 43.2 Å². The zero-order chi connectivity index (χ0) is 21.4. The number of para-hydroxylation sites is 1. The van der Waals surface area contributed by atoms with Gasteiger partial charge in [0, 0.05) is 18.5 Å². The Kier molecular flexibility index (Phi) is 5.70. The first-order valence-corrected chi connectivity index (χ1v) is 11.9. The molecule has 0 unspecified atom stereocenters. The average Bonchev–Trinajstić information content (AvgIpc) is 2.92. The van der Waals surface area contributed by atoms with Gasteiger partial charge >= 0.3 is 0 Å². The summed E-state index contributed by atoms with van der Waals surface area (Å²) in [6, 6.07) is 9.88. The highest BCUT2D eigenvalue weighted by Crippen LogP contribution is 2.31. The van der Waals surface area contributed by atoms with E-state index in [4.69, 9.17) is 4.74 Å². The molecule has 1 aliphatic rings. The smallest absolute Gasteiger partial charge is 0.242 e. The van der Waals surface area contributed by atoms with Crippen LogP contribution in [0, 0.1) is 13.8 Å². The number of carbonyl (C=O) groups excluding carboxylic acids is 1. The summed E-state index contributed by atoms with van der Waals surface area (Å²) in [6.45, 7) is 3.18. The number of carbonyl (C=O) groups is 1. The second-order valence-corrected chi connectivity index (χ2v) is 10.4. The summed E-state index contributed by atoms with van der Waals surface area (Å²) in [5.41, 5.74) is 1.54. The first-order valence-electron chi connectivity index (χ1n) is 8.85. The van der Waals surface area contributed by atoms with Crippen LogP contribution in [0.5, 0.6) is 5.75 Å². The van der Waals surface area contributed by atoms with Gasteiger partial charge in [-0.15, -0.1) is 0 Å². The van der Waals surface area contributed by atoms with E-state index in [1.165, 1.54) is 19.2 Å². The molecule has 2 aromatic rings. The molecular weight excluding hydrogens is 416 g/mol. The largest absolute Gasteiger partial charge is 0.496 e. The van der Waals surface area contributed by atoms with E-state index in [9.17, 15) is 21.6 Å². The molecule has 1 amide bonds. The number of anilines is 1. The summed E-state index contributed by atoms with van der Waals surface area (Å²) in [4.78, 5) is 12.1. The number of hydrogen-bond acceptors (Lipinski definition) is 6. The molecule has 0 radical (unpaired) electrons. The lowest BCUT2D eigenvalue weighted by Crippen LogP contribution is -2.30. The van der Waals surface area contributed by atoms with E-state index in [0.29, 0.717) is 22.4 Å². The minimum atomic E-state index is -3.89. The van der Waals surface area contributed by atoms with Gasteiger partial charge in [0.05, 0.1) is 23.4 Å². The first-order chi connectivity index (χ1) is 13.6. The Balaban J connectivity index is 1.93. The Labute approximate surface area is 170 Å². The van der Waals surface area contributed by atoms with E-state index in [1.54, 1.807) is 38.1 Å². The fourth-order valence-electron chi connectivity index (χ4n) is 3.43. The van der Waals surface area contributed by atoms with Crippen molar-refractivity contribution in [3.63, 3.8) is 0 Å². The predicted octanol–water partition coefficient (Wildman–Crippen LogP) is 1.86. The lowest BCUT2D eigenvalue weighted by atomic mass is 10.1. The maximum absolute atomic E-state index is 12.9. The van der Waals surface area contributed by atoms with Crippen LogP contribution in [0.4, 0.5) is 5.69 Å². The molecule has 0 saturated carbocycles. The van der Waals surface area contributed by atoms with E-state index in [1.807, 2.05) is 0 Å². The van der Waals surface area contributed by atoms with Crippen molar-refractivity contribution in [1.29, 1.82) is 0 Å². The van der Waals surface area contributed by atoms with Crippen LogP contribution in [0.15, 0.2) is 41.3 Å². The highest BCUT2D eigenvalue weighted by Gasteiger charge is 2.37. The van der Waals surface area contributed by atoms with Crippen molar-refractivity contribution in [3.05, 3.63) is 53.1 Å². The fraction of sp³-hybridized carbons (Fsp3) is 0.316. The van der Waals surface area contributed by atoms with Crippen LogP contribution in [0.25, 0.3) is 0 Å². The van der Waals surface area contributed by atoms with Crippen molar-refractivity contribution in [2.24, 2.45) is 0 Å². The number of nitrogens with one attached hydrogen (secondary N) is 1. The van der Waals surface area contributed by atoms with Gasteiger partial charge in [-0.1, -0.05) is 18.2 Å². The minimum absolute atomic E-state index is 0.0337. The normalized spacial score (nSPS) is 16.2. The van der Waals surface area contributed by atoms with E-state index >= 15 is 0 Å². The number of aryl methyl sites for hydroxylation is 2. The molecule has 2 aromatic carbocycles. The van der Waals surface area contributed by atoms with Crippen LogP contribution in [0.3, 0.4) is 0 Å². The van der Waals surface area contributed by atoms with Crippen LogP contribution in [0.1, 0.15) is 23.1 Å². The van der Waals surface area contributed by atoms with Crippen LogP contribution >= 0.6 is 0 Å². The van der Waals surface area contributed by atoms with Gasteiger partial charge in [-0.3, -0.25) is 4.79 Å². The van der Waals surface area contributed by atoms with Crippen molar-refractivity contribution in [3.8, 4) is 5.75 Å². The van der Waals surface area contributed by atoms with Gasteiger partial charge in [0.15, 0.2) is 0 Å². The number of benzene rings is 2. The topological polar surface area (TPSA) is 110 Å². The molecule has 1 N–H and O–H groups in total. The lowest BCUT2D eigenvalue weighted by molar-refractivity contribution is -0.116. The summed E-state index contributed by atoms with van der Waals surface area (Å²) in [5.74, 6) is -0.199. The number of sulfonamides is 2. The van der Waals surface area contributed by atoms with Gasteiger partial charge in [-0.25, -0.2) is 25.9 Å². The molecule has 8 nitrogen and oxygen atoms in total. The van der Waals surface area contributed by atoms with E-state index in [-0.39, 0.29) is 29.3 Å². The average molecular weight is 439 g/mol. The molecule has 1 saturated heterocycles. The number of hydrogen-bond donors (Lipinski definition) is 1. The van der Waals surface area contributed by atoms with Gasteiger partial charge in [0.2, 0.25) is 26.0 Å². The van der Waals surface area contributed by atoms with Crippen LogP contribution in [0.2, 0.25) is 0 Å². The second-order valence-electron chi connectivity index (χ2n) is 6.77. The molecule has 156 valence electrons. The molecule has 10 heteroatoms. The Morgan fingerprint density at radius 2 is 1.76 bits per heavy atom. The third-order valence-corrected chi connectivity index (χ3v) is 8.07. The Hall–Kier alpha value is -2.43. The maximum atomic E-state index is 12.9. The van der Waals surface area contributed by atoms with Crippen molar-refractivity contribution in [2.75, 3.05) is 17.2 Å². The van der Waals surface area contributed by atoms with Gasteiger partial charge in [-0.2, -0.15) is 0 Å². The molecule has 3 rings (SSSR count). The molecule has 0 spiro atoms. The fourth-order valence-corrected chi connectivity index (χ4v) is 6.33. The number of ether oxygens (including phenoxy) is 1. The van der Waals surface area contributed by atoms with Crippen molar-refractivity contribution >= 4 is 31.6 Å². The molecule has 1 heterocycles. The number of rotatable bonds is 6. The quantitative estimate of drug-likeness (QED) is 0.737. The van der Waals surface area contributed by atoms with Gasteiger partial charge in [0.1, 0.15) is 5.75 Å². The zero-order valence-corrected chi connectivity index (χ0v) is 17.9. The summed E-state index contributed by atoms with van der Waals surface area (Å²) in [5, 5.41) is 0. The first kappa shape index (κ1) is 21.3. The van der Waals surface area contributed by atoms with Gasteiger partial charge < -0.3 is 4.74 Å². The third-order valence-electron chi connectivity index (χ3n) is 4.67. The van der Waals surface area contributed by atoms with Crippen molar-refractivity contribution in [1.82, 2.24) is 4.72 Å². The van der Waals surface area contributed by atoms with Crippen molar-refractivity contribution < 1.29 is 26.4 Å². The number of nitrogens with zero attached hydrogens (tertiary/aromatic N) is 1. The summed E-state index contributed by atoms with van der Waals surface area (Å²) in [6.07, 6.45) is -0.0824. The van der Waals surface area contributed by atoms with Crippen molar-refractivity contribution in [2.45, 2.75) is 31.7 Å². The molecule has 0 bridgehead atoms. The standard InChI is InChI=1S/C19H22N2O6S2/c1-13-10-16(21-18(22)8-9-28(21,23)24)11-14(2)19(13)29(25,26)20-12-15-6-4-5-7-17(15)27-3/h4-7,10-11,20H,8-9,12H2,1-3H3. The monoisotopic (exact) mass is 438 g/mol. The molecular formula is C19H22N2O6S2.